The van der Waals surface area contributed by atoms with Crippen molar-refractivity contribution in [2.24, 2.45) is 0 Å². The van der Waals surface area contributed by atoms with Gasteiger partial charge in [0, 0.05) is 0 Å². The van der Waals surface area contributed by atoms with E-state index >= 15 is 0 Å². The minimum absolute atomic E-state index is 0.238. The largest absolute Gasteiger partial charge is 0.497 e. The smallest absolute Gasteiger partial charge is 0.118 e. The molecule has 0 radical (unpaired) electrons. The van der Waals surface area contributed by atoms with Gasteiger partial charge in [-0.1, -0.05) is 50.2 Å². The molecule has 0 aliphatic rings. The van der Waals surface area contributed by atoms with Crippen molar-refractivity contribution in [3.63, 3.8) is 0 Å². The zero-order valence-corrected chi connectivity index (χ0v) is 13.2. The molecule has 0 aliphatic carbocycles. The SMILES string of the molecule is CCCNC(c1ccc(OC)cc1)c1cccc(CC)c1. The van der Waals surface area contributed by atoms with Crippen molar-refractivity contribution < 1.29 is 4.74 Å². The molecule has 1 unspecified atom stereocenters. The Bertz CT molecular complexity index is 548. The van der Waals surface area contributed by atoms with E-state index in [4.69, 9.17) is 4.74 Å². The number of hydrogen-bond acceptors (Lipinski definition) is 2. The van der Waals surface area contributed by atoms with Crippen LogP contribution in [0.15, 0.2) is 48.5 Å². The van der Waals surface area contributed by atoms with Crippen LogP contribution in [0.2, 0.25) is 0 Å². The summed E-state index contributed by atoms with van der Waals surface area (Å²) in [6.45, 7) is 5.40. The molecule has 2 aromatic carbocycles. The van der Waals surface area contributed by atoms with Crippen molar-refractivity contribution in [2.75, 3.05) is 13.7 Å². The molecule has 0 spiro atoms. The summed E-state index contributed by atoms with van der Waals surface area (Å²) in [5.74, 6) is 0.898. The van der Waals surface area contributed by atoms with E-state index in [1.165, 1.54) is 16.7 Å². The molecule has 0 fully saturated rings. The second-order valence-electron chi connectivity index (χ2n) is 5.26. The van der Waals surface area contributed by atoms with E-state index in [2.05, 4.69) is 55.6 Å². The first-order chi connectivity index (χ1) is 10.3. The maximum absolute atomic E-state index is 5.25. The Labute approximate surface area is 128 Å². The molecular weight excluding hydrogens is 258 g/mol. The lowest BCUT2D eigenvalue weighted by atomic mass is 9.96. The van der Waals surface area contributed by atoms with Crippen LogP contribution in [0.25, 0.3) is 0 Å². The van der Waals surface area contributed by atoms with Gasteiger partial charge in [-0.2, -0.15) is 0 Å². The molecule has 0 saturated carbocycles. The highest BCUT2D eigenvalue weighted by Crippen LogP contribution is 2.25. The fourth-order valence-corrected chi connectivity index (χ4v) is 2.51. The topological polar surface area (TPSA) is 21.3 Å². The number of nitrogens with one attached hydrogen (secondary N) is 1. The number of benzene rings is 2. The van der Waals surface area contributed by atoms with E-state index < -0.39 is 0 Å². The fourth-order valence-electron chi connectivity index (χ4n) is 2.51. The molecule has 0 aliphatic heterocycles. The van der Waals surface area contributed by atoms with Gasteiger partial charge < -0.3 is 10.1 Å². The van der Waals surface area contributed by atoms with Crippen LogP contribution in [-0.4, -0.2) is 13.7 Å². The Morgan fingerprint density at radius 1 is 1.00 bits per heavy atom. The third-order valence-electron chi connectivity index (χ3n) is 3.74. The number of rotatable bonds is 7. The number of hydrogen-bond donors (Lipinski definition) is 1. The first kappa shape index (κ1) is 15.6. The van der Waals surface area contributed by atoms with Gasteiger partial charge in [0.25, 0.3) is 0 Å². The van der Waals surface area contributed by atoms with Crippen molar-refractivity contribution in [1.82, 2.24) is 5.32 Å². The molecule has 0 amide bonds. The van der Waals surface area contributed by atoms with Gasteiger partial charge in [-0.25, -0.2) is 0 Å². The molecule has 0 heterocycles. The second kappa shape index (κ2) is 7.84. The number of methoxy groups -OCH3 is 1. The van der Waals surface area contributed by atoms with Crippen molar-refractivity contribution >= 4 is 0 Å². The van der Waals surface area contributed by atoms with Crippen LogP contribution >= 0.6 is 0 Å². The van der Waals surface area contributed by atoms with Gasteiger partial charge in [0.1, 0.15) is 5.75 Å². The van der Waals surface area contributed by atoms with E-state index in [-0.39, 0.29) is 6.04 Å². The average Bonchev–Trinajstić information content (AvgIpc) is 2.56. The Morgan fingerprint density at radius 3 is 2.38 bits per heavy atom. The molecule has 2 nitrogen and oxygen atoms in total. The number of ether oxygens (including phenoxy) is 1. The van der Waals surface area contributed by atoms with Gasteiger partial charge in [0.05, 0.1) is 13.2 Å². The van der Waals surface area contributed by atoms with Crippen LogP contribution in [0.1, 0.15) is 43.0 Å². The maximum Gasteiger partial charge on any atom is 0.118 e. The zero-order chi connectivity index (χ0) is 15.1. The molecule has 0 saturated heterocycles. The lowest BCUT2D eigenvalue weighted by Crippen LogP contribution is -2.23. The Morgan fingerprint density at radius 2 is 1.76 bits per heavy atom. The van der Waals surface area contributed by atoms with Gasteiger partial charge in [-0.3, -0.25) is 0 Å². The Hall–Kier alpha value is -1.80. The molecule has 21 heavy (non-hydrogen) atoms. The normalized spacial score (nSPS) is 12.1. The third kappa shape index (κ3) is 4.08. The van der Waals surface area contributed by atoms with Gasteiger partial charge >= 0.3 is 0 Å². The highest BCUT2D eigenvalue weighted by atomic mass is 16.5. The summed E-state index contributed by atoms with van der Waals surface area (Å²) >= 11 is 0. The molecule has 0 aromatic heterocycles. The highest BCUT2D eigenvalue weighted by molar-refractivity contribution is 5.37. The van der Waals surface area contributed by atoms with Crippen LogP contribution in [0.5, 0.6) is 5.75 Å². The fraction of sp³-hybridized carbons (Fsp3) is 0.368. The molecule has 112 valence electrons. The van der Waals surface area contributed by atoms with Crippen LogP contribution in [0.3, 0.4) is 0 Å². The van der Waals surface area contributed by atoms with Crippen molar-refractivity contribution in [2.45, 2.75) is 32.7 Å². The van der Waals surface area contributed by atoms with Crippen LogP contribution in [0.4, 0.5) is 0 Å². The van der Waals surface area contributed by atoms with Crippen molar-refractivity contribution in [1.29, 1.82) is 0 Å². The minimum Gasteiger partial charge on any atom is -0.497 e. The summed E-state index contributed by atoms with van der Waals surface area (Å²) in [4.78, 5) is 0. The lowest BCUT2D eigenvalue weighted by Gasteiger charge is -2.20. The quantitative estimate of drug-likeness (QED) is 0.816. The van der Waals surface area contributed by atoms with Gasteiger partial charge in [-0.15, -0.1) is 0 Å². The standard InChI is InChI=1S/C19H25NO/c1-4-13-20-19(16-9-11-18(21-3)12-10-16)17-8-6-7-15(5-2)14-17/h6-12,14,19-20H,4-5,13H2,1-3H3. The lowest BCUT2D eigenvalue weighted by molar-refractivity contribution is 0.414. The second-order valence-corrected chi connectivity index (χ2v) is 5.26. The number of aryl methyl sites for hydroxylation is 1. The van der Waals surface area contributed by atoms with Crippen LogP contribution < -0.4 is 10.1 Å². The van der Waals surface area contributed by atoms with Crippen LogP contribution in [-0.2, 0) is 6.42 Å². The molecule has 0 bridgehead atoms. The molecule has 2 heteroatoms. The first-order valence-corrected chi connectivity index (χ1v) is 7.74. The molecular formula is C19H25NO. The van der Waals surface area contributed by atoms with E-state index in [0.717, 1.165) is 25.1 Å². The van der Waals surface area contributed by atoms with Gasteiger partial charge in [0.2, 0.25) is 0 Å². The summed E-state index contributed by atoms with van der Waals surface area (Å²) in [7, 11) is 1.70. The summed E-state index contributed by atoms with van der Waals surface area (Å²) in [6.07, 6.45) is 2.19. The zero-order valence-electron chi connectivity index (χ0n) is 13.2. The predicted molar refractivity (Wildman–Crippen MR) is 89.0 cm³/mol. The average molecular weight is 283 g/mol. The summed E-state index contributed by atoms with van der Waals surface area (Å²) in [5, 5.41) is 3.65. The Kier molecular flexibility index (Phi) is 5.82. The van der Waals surface area contributed by atoms with Crippen molar-refractivity contribution in [3.8, 4) is 5.75 Å². The maximum atomic E-state index is 5.25. The molecule has 1 atom stereocenters. The van der Waals surface area contributed by atoms with Gasteiger partial charge in [-0.05, 0) is 48.2 Å². The molecule has 2 aromatic rings. The monoisotopic (exact) mass is 283 g/mol. The minimum atomic E-state index is 0.238. The first-order valence-electron chi connectivity index (χ1n) is 7.74. The van der Waals surface area contributed by atoms with E-state index in [1.54, 1.807) is 7.11 Å². The van der Waals surface area contributed by atoms with E-state index in [0.29, 0.717) is 0 Å². The Balaban J connectivity index is 2.31. The summed E-state index contributed by atoms with van der Waals surface area (Å²) in [6, 6.07) is 17.4. The van der Waals surface area contributed by atoms with E-state index in [1.807, 2.05) is 12.1 Å². The predicted octanol–water partition coefficient (Wildman–Crippen LogP) is 4.35. The summed E-state index contributed by atoms with van der Waals surface area (Å²) < 4.78 is 5.25. The molecule has 1 N–H and O–H groups in total. The summed E-state index contributed by atoms with van der Waals surface area (Å²) in [5.41, 5.74) is 3.98. The molecule has 2 rings (SSSR count). The highest BCUT2D eigenvalue weighted by Gasteiger charge is 2.13. The van der Waals surface area contributed by atoms with Gasteiger partial charge in [0.15, 0.2) is 0 Å². The third-order valence-corrected chi connectivity index (χ3v) is 3.74. The van der Waals surface area contributed by atoms with Crippen molar-refractivity contribution in [3.05, 3.63) is 65.2 Å². The van der Waals surface area contributed by atoms with Crippen LogP contribution in [0, 0.1) is 0 Å². The van der Waals surface area contributed by atoms with E-state index in [9.17, 15) is 0 Å².